The summed E-state index contributed by atoms with van der Waals surface area (Å²) in [4.78, 5) is 38.7. The van der Waals surface area contributed by atoms with Crippen LogP contribution in [0.1, 0.15) is 33.1 Å². The maximum absolute atomic E-state index is 12.5. The van der Waals surface area contributed by atoms with Crippen molar-refractivity contribution in [2.45, 2.75) is 39.2 Å². The van der Waals surface area contributed by atoms with Crippen LogP contribution in [0.2, 0.25) is 0 Å². The average Bonchev–Trinajstić information content (AvgIpc) is 2.79. The average molecular weight is 282 g/mol. The predicted molar refractivity (Wildman–Crippen MR) is 71.9 cm³/mol. The SMILES string of the molecule is CCN1CC(C(=O)N2CCC(C)CC2C(=O)O)CC1=O. The van der Waals surface area contributed by atoms with Gasteiger partial charge in [-0.1, -0.05) is 6.92 Å². The van der Waals surface area contributed by atoms with E-state index in [-0.39, 0.29) is 24.2 Å². The van der Waals surface area contributed by atoms with Crippen molar-refractivity contribution in [2.75, 3.05) is 19.6 Å². The fourth-order valence-corrected chi connectivity index (χ4v) is 3.12. The largest absolute Gasteiger partial charge is 0.480 e. The molecule has 0 aromatic carbocycles. The summed E-state index contributed by atoms with van der Waals surface area (Å²) in [5.74, 6) is -1.19. The van der Waals surface area contributed by atoms with Gasteiger partial charge in [-0.2, -0.15) is 0 Å². The molecule has 2 fully saturated rings. The lowest BCUT2D eigenvalue weighted by molar-refractivity contribution is -0.154. The molecule has 20 heavy (non-hydrogen) atoms. The van der Waals surface area contributed by atoms with Gasteiger partial charge in [0.25, 0.3) is 0 Å². The molecule has 0 saturated carbocycles. The number of piperidine rings is 1. The first kappa shape index (κ1) is 14.8. The number of hydrogen-bond acceptors (Lipinski definition) is 3. The molecule has 6 heteroatoms. The van der Waals surface area contributed by atoms with Crippen LogP contribution in [0.5, 0.6) is 0 Å². The Balaban J connectivity index is 2.08. The lowest BCUT2D eigenvalue weighted by Crippen LogP contribution is -2.52. The molecule has 3 unspecified atom stereocenters. The van der Waals surface area contributed by atoms with E-state index in [2.05, 4.69) is 0 Å². The van der Waals surface area contributed by atoms with Gasteiger partial charge >= 0.3 is 5.97 Å². The third kappa shape index (κ3) is 2.78. The number of nitrogens with zero attached hydrogens (tertiary/aromatic N) is 2. The monoisotopic (exact) mass is 282 g/mol. The summed E-state index contributed by atoms with van der Waals surface area (Å²) in [6.45, 7) is 5.39. The topological polar surface area (TPSA) is 77.9 Å². The molecule has 2 aliphatic rings. The van der Waals surface area contributed by atoms with Crippen molar-refractivity contribution < 1.29 is 19.5 Å². The standard InChI is InChI=1S/C14H22N2O4/c1-3-15-8-10(7-12(15)17)13(18)16-5-4-9(2)6-11(16)14(19)20/h9-11H,3-8H2,1-2H3,(H,19,20). The highest BCUT2D eigenvalue weighted by Crippen LogP contribution is 2.27. The molecule has 2 amide bonds. The molecule has 2 rings (SSSR count). The van der Waals surface area contributed by atoms with Crippen LogP contribution < -0.4 is 0 Å². The van der Waals surface area contributed by atoms with Gasteiger partial charge in [0.15, 0.2) is 0 Å². The van der Waals surface area contributed by atoms with Crippen molar-refractivity contribution in [3.63, 3.8) is 0 Å². The van der Waals surface area contributed by atoms with E-state index in [1.165, 1.54) is 4.90 Å². The van der Waals surface area contributed by atoms with Gasteiger partial charge in [-0.05, 0) is 25.7 Å². The molecule has 6 nitrogen and oxygen atoms in total. The van der Waals surface area contributed by atoms with E-state index in [9.17, 15) is 19.5 Å². The van der Waals surface area contributed by atoms with Crippen molar-refractivity contribution >= 4 is 17.8 Å². The number of carboxylic acid groups (broad SMARTS) is 1. The van der Waals surface area contributed by atoms with E-state index in [1.807, 2.05) is 13.8 Å². The van der Waals surface area contributed by atoms with Crippen LogP contribution in [0.25, 0.3) is 0 Å². The maximum Gasteiger partial charge on any atom is 0.326 e. The summed E-state index contributed by atoms with van der Waals surface area (Å²) >= 11 is 0. The Labute approximate surface area is 118 Å². The van der Waals surface area contributed by atoms with Gasteiger partial charge in [-0.3, -0.25) is 9.59 Å². The minimum absolute atomic E-state index is 0.0110. The van der Waals surface area contributed by atoms with Gasteiger partial charge in [-0.25, -0.2) is 4.79 Å². The molecule has 112 valence electrons. The third-order valence-corrected chi connectivity index (χ3v) is 4.38. The molecule has 0 aromatic heterocycles. The molecular formula is C14H22N2O4. The molecule has 0 aliphatic carbocycles. The Kier molecular flexibility index (Phi) is 4.30. The van der Waals surface area contributed by atoms with E-state index in [1.54, 1.807) is 4.90 Å². The second-order valence-electron chi connectivity index (χ2n) is 5.85. The fourth-order valence-electron chi connectivity index (χ4n) is 3.12. The van der Waals surface area contributed by atoms with Gasteiger partial charge < -0.3 is 14.9 Å². The third-order valence-electron chi connectivity index (χ3n) is 4.38. The minimum Gasteiger partial charge on any atom is -0.480 e. The molecule has 0 radical (unpaired) electrons. The second-order valence-corrected chi connectivity index (χ2v) is 5.85. The Morgan fingerprint density at radius 1 is 1.40 bits per heavy atom. The molecule has 2 heterocycles. The van der Waals surface area contributed by atoms with Crippen LogP contribution in [0.4, 0.5) is 0 Å². The molecule has 0 bridgehead atoms. The summed E-state index contributed by atoms with van der Waals surface area (Å²) in [5, 5.41) is 9.30. The number of carboxylic acids is 1. The highest BCUT2D eigenvalue weighted by molar-refractivity contribution is 5.91. The molecule has 0 aromatic rings. The zero-order chi connectivity index (χ0) is 14.9. The van der Waals surface area contributed by atoms with E-state index in [0.29, 0.717) is 32.0 Å². The molecule has 1 N–H and O–H groups in total. The summed E-state index contributed by atoms with van der Waals surface area (Å²) in [7, 11) is 0. The first-order valence-electron chi connectivity index (χ1n) is 7.25. The first-order valence-corrected chi connectivity index (χ1v) is 7.25. The lowest BCUT2D eigenvalue weighted by Gasteiger charge is -2.37. The number of hydrogen-bond donors (Lipinski definition) is 1. The molecule has 2 aliphatic heterocycles. The van der Waals surface area contributed by atoms with Crippen molar-refractivity contribution in [3.8, 4) is 0 Å². The minimum atomic E-state index is -0.943. The van der Waals surface area contributed by atoms with Gasteiger partial charge in [0.2, 0.25) is 11.8 Å². The summed E-state index contributed by atoms with van der Waals surface area (Å²) < 4.78 is 0. The normalized spacial score (nSPS) is 30.7. The zero-order valence-electron chi connectivity index (χ0n) is 12.0. The fraction of sp³-hybridized carbons (Fsp3) is 0.786. The molecule has 0 spiro atoms. The van der Waals surface area contributed by atoms with Crippen LogP contribution in [0, 0.1) is 11.8 Å². The zero-order valence-corrected chi connectivity index (χ0v) is 12.0. The van der Waals surface area contributed by atoms with E-state index >= 15 is 0 Å². The van der Waals surface area contributed by atoms with E-state index < -0.39 is 12.0 Å². The van der Waals surface area contributed by atoms with Crippen LogP contribution in [-0.4, -0.2) is 58.4 Å². The predicted octanol–water partition coefficient (Wildman–Crippen LogP) is 0.566. The van der Waals surface area contributed by atoms with Crippen LogP contribution in [0.3, 0.4) is 0 Å². The van der Waals surface area contributed by atoms with Crippen LogP contribution in [0.15, 0.2) is 0 Å². The highest BCUT2D eigenvalue weighted by Gasteiger charge is 2.41. The Morgan fingerprint density at radius 2 is 2.10 bits per heavy atom. The number of aliphatic carboxylic acids is 1. The lowest BCUT2D eigenvalue weighted by atomic mass is 9.91. The Hall–Kier alpha value is -1.59. The molecule has 2 saturated heterocycles. The number of carbonyl (C=O) groups is 3. The van der Waals surface area contributed by atoms with Gasteiger partial charge in [-0.15, -0.1) is 0 Å². The summed E-state index contributed by atoms with van der Waals surface area (Å²) in [6.07, 6.45) is 1.54. The van der Waals surface area contributed by atoms with Crippen molar-refractivity contribution in [1.29, 1.82) is 0 Å². The second kappa shape index (κ2) is 5.81. The molecule has 3 atom stereocenters. The van der Waals surface area contributed by atoms with Crippen LogP contribution in [-0.2, 0) is 14.4 Å². The van der Waals surface area contributed by atoms with Gasteiger partial charge in [0.1, 0.15) is 6.04 Å². The smallest absolute Gasteiger partial charge is 0.326 e. The van der Waals surface area contributed by atoms with Crippen molar-refractivity contribution in [1.82, 2.24) is 9.80 Å². The highest BCUT2D eigenvalue weighted by atomic mass is 16.4. The van der Waals surface area contributed by atoms with E-state index in [4.69, 9.17) is 0 Å². The molecular weight excluding hydrogens is 260 g/mol. The Morgan fingerprint density at radius 3 is 2.65 bits per heavy atom. The van der Waals surface area contributed by atoms with Gasteiger partial charge in [0, 0.05) is 26.1 Å². The van der Waals surface area contributed by atoms with Crippen molar-refractivity contribution in [3.05, 3.63) is 0 Å². The van der Waals surface area contributed by atoms with Gasteiger partial charge in [0.05, 0.1) is 5.92 Å². The number of rotatable bonds is 3. The first-order chi connectivity index (χ1) is 9.43. The summed E-state index contributed by atoms with van der Waals surface area (Å²) in [6, 6.07) is -0.739. The summed E-state index contributed by atoms with van der Waals surface area (Å²) in [5.41, 5.74) is 0. The Bertz CT molecular complexity index is 423. The number of likely N-dealkylation sites (tertiary alicyclic amines) is 2. The maximum atomic E-state index is 12.5. The number of amides is 2. The number of carbonyl (C=O) groups excluding carboxylic acids is 2. The van der Waals surface area contributed by atoms with Crippen LogP contribution >= 0.6 is 0 Å². The van der Waals surface area contributed by atoms with E-state index in [0.717, 1.165) is 6.42 Å². The van der Waals surface area contributed by atoms with Crippen molar-refractivity contribution in [2.24, 2.45) is 11.8 Å². The quantitative estimate of drug-likeness (QED) is 0.820.